The van der Waals surface area contributed by atoms with Crippen LogP contribution >= 0.6 is 0 Å². The van der Waals surface area contributed by atoms with Gasteiger partial charge in [-0.15, -0.1) is 5.01 Å². The molecule has 3 aliphatic rings. The van der Waals surface area contributed by atoms with Gasteiger partial charge < -0.3 is 4.57 Å². The number of aromatic nitrogens is 1. The highest BCUT2D eigenvalue weighted by Gasteiger charge is 2.39. The molecule has 25 heavy (non-hydrogen) atoms. The second-order valence-corrected chi connectivity index (χ2v) is 7.94. The molecule has 2 aromatic rings. The van der Waals surface area contributed by atoms with Crippen LogP contribution in [0.1, 0.15) is 73.7 Å². The number of benzene rings is 1. The van der Waals surface area contributed by atoms with Crippen molar-refractivity contribution in [3.8, 4) is 0 Å². The summed E-state index contributed by atoms with van der Waals surface area (Å²) in [6, 6.07) is 6.99. The molecule has 2 heterocycles. The van der Waals surface area contributed by atoms with Gasteiger partial charge in [0.2, 0.25) is 0 Å². The van der Waals surface area contributed by atoms with Crippen molar-refractivity contribution >= 4 is 10.9 Å². The monoisotopic (exact) mass is 339 g/mol. The molecule has 1 atom stereocenters. The number of hydrazine groups is 1. The zero-order valence-electron chi connectivity index (χ0n) is 14.6. The second kappa shape index (κ2) is 5.75. The van der Waals surface area contributed by atoms with E-state index >= 15 is 0 Å². The molecule has 5 nitrogen and oxygen atoms in total. The van der Waals surface area contributed by atoms with Gasteiger partial charge in [-0.1, -0.05) is 25.3 Å². The van der Waals surface area contributed by atoms with Gasteiger partial charge in [0.05, 0.1) is 12.2 Å². The summed E-state index contributed by atoms with van der Waals surface area (Å²) < 4.78 is 2.37. The minimum atomic E-state index is -0.186. The second-order valence-electron chi connectivity index (χ2n) is 7.94. The fourth-order valence-corrected chi connectivity index (χ4v) is 5.49. The van der Waals surface area contributed by atoms with Crippen LogP contribution in [-0.4, -0.2) is 21.2 Å². The van der Waals surface area contributed by atoms with Crippen LogP contribution in [0.5, 0.6) is 0 Å². The Kier molecular flexibility index (Phi) is 3.50. The molecule has 1 aromatic heterocycles. The smallest absolute Gasteiger partial charge is 0.160 e. The van der Waals surface area contributed by atoms with Crippen molar-refractivity contribution in [3.05, 3.63) is 45.1 Å². The van der Waals surface area contributed by atoms with Crippen molar-refractivity contribution in [1.29, 1.82) is 0 Å². The third kappa shape index (κ3) is 2.28. The van der Waals surface area contributed by atoms with Gasteiger partial charge in [-0.05, 0) is 61.3 Å². The molecule has 0 unspecified atom stereocenters. The van der Waals surface area contributed by atoms with Crippen LogP contribution in [0, 0.1) is 10.1 Å². The van der Waals surface area contributed by atoms with Crippen LogP contribution in [0.15, 0.2) is 18.2 Å². The van der Waals surface area contributed by atoms with E-state index in [-0.39, 0.29) is 11.1 Å². The third-order valence-electron chi connectivity index (χ3n) is 6.66. The lowest BCUT2D eigenvalue weighted by Gasteiger charge is -2.34. The van der Waals surface area contributed by atoms with E-state index in [0.29, 0.717) is 12.5 Å². The van der Waals surface area contributed by atoms with Crippen molar-refractivity contribution in [2.45, 2.75) is 69.9 Å². The van der Waals surface area contributed by atoms with Crippen molar-refractivity contribution in [1.82, 2.24) is 9.58 Å². The lowest BCUT2D eigenvalue weighted by Crippen LogP contribution is -2.43. The van der Waals surface area contributed by atoms with Crippen molar-refractivity contribution in [2.75, 3.05) is 6.54 Å². The number of nitrogens with zero attached hydrogens (tertiary/aromatic N) is 3. The van der Waals surface area contributed by atoms with E-state index in [1.54, 1.807) is 0 Å². The first kappa shape index (κ1) is 15.2. The first-order chi connectivity index (χ1) is 12.2. The van der Waals surface area contributed by atoms with E-state index in [1.807, 2.05) is 0 Å². The molecule has 0 saturated heterocycles. The van der Waals surface area contributed by atoms with Gasteiger partial charge in [-0.2, -0.15) is 0 Å². The maximum atomic E-state index is 11.5. The van der Waals surface area contributed by atoms with Gasteiger partial charge in [-0.3, -0.25) is 0 Å². The molecule has 0 amide bonds. The Balaban J connectivity index is 1.64. The Labute approximate surface area is 147 Å². The van der Waals surface area contributed by atoms with E-state index in [1.165, 1.54) is 64.8 Å². The number of rotatable bonds is 2. The van der Waals surface area contributed by atoms with Crippen molar-refractivity contribution < 1.29 is 5.03 Å². The predicted octanol–water partition coefficient (Wildman–Crippen LogP) is 4.57. The van der Waals surface area contributed by atoms with Crippen LogP contribution in [0.3, 0.4) is 0 Å². The van der Waals surface area contributed by atoms with Gasteiger partial charge in [0, 0.05) is 17.4 Å². The largest absolute Gasteiger partial charge is 0.340 e. The molecule has 1 aromatic carbocycles. The number of nitro groups is 1. The summed E-state index contributed by atoms with van der Waals surface area (Å²) in [5.41, 5.74) is 5.39. The summed E-state index contributed by atoms with van der Waals surface area (Å²) in [5.74, 6) is 0.705. The van der Waals surface area contributed by atoms with Crippen LogP contribution in [0.4, 0.5) is 0 Å². The third-order valence-corrected chi connectivity index (χ3v) is 6.66. The lowest BCUT2D eigenvalue weighted by atomic mass is 9.83. The first-order valence-corrected chi connectivity index (χ1v) is 9.80. The highest BCUT2D eigenvalue weighted by atomic mass is 16.7. The molecule has 1 aliphatic heterocycles. The zero-order chi connectivity index (χ0) is 17.0. The van der Waals surface area contributed by atoms with Crippen LogP contribution < -0.4 is 0 Å². The van der Waals surface area contributed by atoms with E-state index in [9.17, 15) is 10.1 Å². The van der Waals surface area contributed by atoms with Crippen LogP contribution in [0.25, 0.3) is 10.9 Å². The van der Waals surface area contributed by atoms with Crippen LogP contribution in [-0.2, 0) is 13.0 Å². The SMILES string of the molecule is O=[N+]([O-])N1CCn2c3c(c4cc(C5CCCCC5)ccc42)CCC[C@@H]31. The maximum absolute atomic E-state index is 11.5. The summed E-state index contributed by atoms with van der Waals surface area (Å²) in [6.07, 6.45) is 9.72. The highest BCUT2D eigenvalue weighted by molar-refractivity contribution is 5.87. The predicted molar refractivity (Wildman–Crippen MR) is 97.1 cm³/mol. The molecule has 1 saturated carbocycles. The fraction of sp³-hybridized carbons (Fsp3) is 0.600. The number of hydrogen-bond donors (Lipinski definition) is 0. The molecule has 0 spiro atoms. The highest BCUT2D eigenvalue weighted by Crippen LogP contribution is 2.43. The Bertz CT molecular complexity index is 835. The summed E-state index contributed by atoms with van der Waals surface area (Å²) in [7, 11) is 0. The summed E-state index contributed by atoms with van der Waals surface area (Å²) in [4.78, 5) is 11.5. The Morgan fingerprint density at radius 1 is 1.04 bits per heavy atom. The van der Waals surface area contributed by atoms with E-state index in [4.69, 9.17) is 0 Å². The maximum Gasteiger partial charge on any atom is 0.160 e. The van der Waals surface area contributed by atoms with Gasteiger partial charge in [0.15, 0.2) is 5.03 Å². The quantitative estimate of drug-likeness (QED) is 0.595. The summed E-state index contributed by atoms with van der Waals surface area (Å²) in [6.45, 7) is 1.24. The molecular weight excluding hydrogens is 314 g/mol. The van der Waals surface area contributed by atoms with Gasteiger partial charge in [0.1, 0.15) is 6.04 Å². The van der Waals surface area contributed by atoms with Crippen molar-refractivity contribution in [2.24, 2.45) is 0 Å². The Morgan fingerprint density at radius 3 is 2.68 bits per heavy atom. The first-order valence-electron chi connectivity index (χ1n) is 9.80. The Morgan fingerprint density at radius 2 is 1.88 bits per heavy atom. The fourth-order valence-electron chi connectivity index (χ4n) is 5.49. The van der Waals surface area contributed by atoms with Gasteiger partial charge in [-0.25, -0.2) is 10.1 Å². The standard InChI is InChI=1S/C20H25N3O2/c24-23(25)22-12-11-21-18-10-9-15(14-5-2-1-3-6-14)13-17(18)16-7-4-8-19(22)20(16)21/h9-10,13-14,19H,1-8,11-12H2/t19-/m0/s1. The average molecular weight is 339 g/mol. The number of hydrogen-bond acceptors (Lipinski definition) is 2. The summed E-state index contributed by atoms with van der Waals surface area (Å²) in [5, 5.41) is 14.1. The average Bonchev–Trinajstić information content (AvgIpc) is 2.98. The molecular formula is C20H25N3O2. The van der Waals surface area contributed by atoms with E-state index < -0.39 is 0 Å². The topological polar surface area (TPSA) is 51.3 Å². The van der Waals surface area contributed by atoms with Crippen LogP contribution in [0.2, 0.25) is 0 Å². The molecule has 132 valence electrons. The van der Waals surface area contributed by atoms with E-state index in [2.05, 4.69) is 22.8 Å². The molecule has 0 radical (unpaired) electrons. The number of fused-ring (bicyclic) bond motifs is 3. The summed E-state index contributed by atoms with van der Waals surface area (Å²) >= 11 is 0. The minimum Gasteiger partial charge on any atom is -0.340 e. The Hall–Kier alpha value is -2.04. The normalized spacial score (nSPS) is 23.7. The van der Waals surface area contributed by atoms with E-state index in [0.717, 1.165) is 25.8 Å². The van der Waals surface area contributed by atoms with Gasteiger partial charge >= 0.3 is 0 Å². The molecule has 1 fully saturated rings. The molecule has 5 rings (SSSR count). The molecule has 5 heteroatoms. The molecule has 2 aliphatic carbocycles. The van der Waals surface area contributed by atoms with Gasteiger partial charge in [0.25, 0.3) is 0 Å². The zero-order valence-corrected chi connectivity index (χ0v) is 14.6. The molecule has 0 N–H and O–H groups in total. The van der Waals surface area contributed by atoms with Crippen molar-refractivity contribution in [3.63, 3.8) is 0 Å². The lowest BCUT2D eigenvalue weighted by molar-refractivity contribution is -0.668. The number of aryl methyl sites for hydroxylation is 1. The minimum absolute atomic E-state index is 0.0435. The molecule has 0 bridgehead atoms.